The van der Waals surface area contributed by atoms with Crippen molar-refractivity contribution in [1.29, 1.82) is 0 Å². The van der Waals surface area contributed by atoms with Crippen LogP contribution >= 0.6 is 24.0 Å². The van der Waals surface area contributed by atoms with Crippen LogP contribution in [0, 0.1) is 5.41 Å². The Morgan fingerprint density at radius 3 is 2.06 bits per heavy atom. The molecule has 0 atom stereocenters. The van der Waals surface area contributed by atoms with Gasteiger partial charge in [0.05, 0.1) is 26.7 Å². The summed E-state index contributed by atoms with van der Waals surface area (Å²) in [5.41, 5.74) is 0.597. The molecule has 1 aliphatic rings. The SMILES string of the molecule is CCNC(=O)C(C)(C)CNC(=NC)N1CCN(Cc2cc(OC)c(OC)c(OC)c2)CC1.I. The van der Waals surface area contributed by atoms with Gasteiger partial charge in [-0.15, -0.1) is 24.0 Å². The molecule has 0 aromatic heterocycles. The van der Waals surface area contributed by atoms with Crippen molar-refractivity contribution >= 4 is 35.8 Å². The van der Waals surface area contributed by atoms with Crippen molar-refractivity contribution < 1.29 is 19.0 Å². The number of carbonyl (C=O) groups is 1. The van der Waals surface area contributed by atoms with E-state index in [0.717, 1.165) is 44.2 Å². The Balaban J connectivity index is 0.00000544. The van der Waals surface area contributed by atoms with E-state index in [1.165, 1.54) is 0 Å². The molecule has 0 radical (unpaired) electrons. The Hall–Kier alpha value is -1.95. The van der Waals surface area contributed by atoms with Gasteiger partial charge in [0.25, 0.3) is 0 Å². The lowest BCUT2D eigenvalue weighted by Gasteiger charge is -2.37. The summed E-state index contributed by atoms with van der Waals surface area (Å²) in [4.78, 5) is 21.3. The molecule has 1 fully saturated rings. The largest absolute Gasteiger partial charge is 0.493 e. The molecule has 0 saturated carbocycles. The van der Waals surface area contributed by atoms with E-state index in [-0.39, 0.29) is 29.9 Å². The predicted octanol–water partition coefficient (Wildman–Crippen LogP) is 2.19. The molecule has 33 heavy (non-hydrogen) atoms. The minimum Gasteiger partial charge on any atom is -0.493 e. The van der Waals surface area contributed by atoms with Gasteiger partial charge in [0.1, 0.15) is 0 Å². The van der Waals surface area contributed by atoms with Crippen molar-refractivity contribution in [2.75, 3.05) is 67.6 Å². The number of nitrogens with zero attached hydrogens (tertiary/aromatic N) is 3. The number of carbonyl (C=O) groups excluding carboxylic acids is 1. The van der Waals surface area contributed by atoms with Crippen LogP contribution < -0.4 is 24.8 Å². The first-order valence-corrected chi connectivity index (χ1v) is 11.0. The fourth-order valence-electron chi connectivity index (χ4n) is 3.72. The van der Waals surface area contributed by atoms with Gasteiger partial charge >= 0.3 is 0 Å². The number of amides is 1. The molecule has 2 rings (SSSR count). The summed E-state index contributed by atoms with van der Waals surface area (Å²) in [7, 11) is 6.65. The zero-order chi connectivity index (χ0) is 23.7. The Morgan fingerprint density at radius 1 is 1.03 bits per heavy atom. The Kier molecular flexibility index (Phi) is 12.1. The van der Waals surface area contributed by atoms with Gasteiger partial charge in [0.2, 0.25) is 11.7 Å². The molecule has 188 valence electrons. The summed E-state index contributed by atoms with van der Waals surface area (Å²) in [6.45, 7) is 11.3. The predicted molar refractivity (Wildman–Crippen MR) is 142 cm³/mol. The maximum absolute atomic E-state index is 12.3. The van der Waals surface area contributed by atoms with Gasteiger partial charge in [0.15, 0.2) is 17.5 Å². The zero-order valence-electron chi connectivity index (χ0n) is 21.0. The normalized spacial score (nSPS) is 14.9. The van der Waals surface area contributed by atoms with Crippen LogP contribution in [0.5, 0.6) is 17.2 Å². The lowest BCUT2D eigenvalue weighted by atomic mass is 9.92. The minimum absolute atomic E-state index is 0. The number of hydrogen-bond donors (Lipinski definition) is 2. The molecule has 1 amide bonds. The molecule has 0 bridgehead atoms. The molecule has 2 N–H and O–H groups in total. The van der Waals surface area contributed by atoms with E-state index in [4.69, 9.17) is 14.2 Å². The van der Waals surface area contributed by atoms with Gasteiger partial charge in [0, 0.05) is 52.9 Å². The highest BCUT2D eigenvalue weighted by atomic mass is 127. The monoisotopic (exact) mass is 577 g/mol. The molecule has 0 spiro atoms. The molecular formula is C23H40IN5O4. The van der Waals surface area contributed by atoms with Crippen LogP contribution in [0.3, 0.4) is 0 Å². The van der Waals surface area contributed by atoms with Crippen LogP contribution in [0.4, 0.5) is 0 Å². The molecule has 1 aromatic carbocycles. The van der Waals surface area contributed by atoms with Gasteiger partial charge in [-0.05, 0) is 38.5 Å². The van der Waals surface area contributed by atoms with E-state index in [1.807, 2.05) is 32.9 Å². The summed E-state index contributed by atoms with van der Waals surface area (Å²) in [6.07, 6.45) is 0. The van der Waals surface area contributed by atoms with Crippen LogP contribution in [0.15, 0.2) is 17.1 Å². The number of methoxy groups -OCH3 is 3. The van der Waals surface area contributed by atoms with Crippen LogP contribution in [-0.4, -0.2) is 89.3 Å². The number of nitrogens with one attached hydrogen (secondary N) is 2. The molecule has 0 unspecified atom stereocenters. The molecular weight excluding hydrogens is 537 g/mol. The Bertz CT molecular complexity index is 770. The van der Waals surface area contributed by atoms with Crippen molar-refractivity contribution in [3.63, 3.8) is 0 Å². The highest BCUT2D eigenvalue weighted by Crippen LogP contribution is 2.38. The first kappa shape index (κ1) is 29.1. The number of guanidine groups is 1. The third-order valence-electron chi connectivity index (χ3n) is 5.65. The van der Waals surface area contributed by atoms with E-state index in [2.05, 4.69) is 25.4 Å². The summed E-state index contributed by atoms with van der Waals surface area (Å²) in [5, 5.41) is 6.27. The number of piperazine rings is 1. The Labute approximate surface area is 215 Å². The van der Waals surface area contributed by atoms with E-state index in [0.29, 0.717) is 30.3 Å². The van der Waals surface area contributed by atoms with Crippen LogP contribution in [-0.2, 0) is 11.3 Å². The second kappa shape index (κ2) is 13.7. The number of benzene rings is 1. The van der Waals surface area contributed by atoms with E-state index in [9.17, 15) is 4.79 Å². The van der Waals surface area contributed by atoms with Crippen molar-refractivity contribution in [2.24, 2.45) is 10.4 Å². The molecule has 1 aromatic rings. The average molecular weight is 578 g/mol. The molecule has 1 saturated heterocycles. The second-order valence-electron chi connectivity index (χ2n) is 8.44. The lowest BCUT2D eigenvalue weighted by Crippen LogP contribution is -2.54. The molecule has 1 heterocycles. The molecule has 10 heteroatoms. The zero-order valence-corrected chi connectivity index (χ0v) is 23.3. The third kappa shape index (κ3) is 7.80. The van der Waals surface area contributed by atoms with Gasteiger partial charge in [-0.1, -0.05) is 0 Å². The van der Waals surface area contributed by atoms with Gasteiger partial charge in [-0.2, -0.15) is 0 Å². The van der Waals surface area contributed by atoms with E-state index >= 15 is 0 Å². The minimum atomic E-state index is -0.514. The van der Waals surface area contributed by atoms with E-state index < -0.39 is 5.41 Å². The fraction of sp³-hybridized carbons (Fsp3) is 0.652. The highest BCUT2D eigenvalue weighted by Gasteiger charge is 2.28. The number of halogens is 1. The van der Waals surface area contributed by atoms with E-state index in [1.54, 1.807) is 28.4 Å². The third-order valence-corrected chi connectivity index (χ3v) is 5.65. The molecule has 0 aliphatic carbocycles. The number of rotatable bonds is 9. The molecule has 9 nitrogen and oxygen atoms in total. The Morgan fingerprint density at radius 2 is 1.61 bits per heavy atom. The van der Waals surface area contributed by atoms with Crippen molar-refractivity contribution in [3.8, 4) is 17.2 Å². The molecule has 1 aliphatic heterocycles. The fourth-order valence-corrected chi connectivity index (χ4v) is 3.72. The van der Waals surface area contributed by atoms with Crippen LogP contribution in [0.25, 0.3) is 0 Å². The van der Waals surface area contributed by atoms with Gasteiger partial charge in [-0.25, -0.2) is 0 Å². The first-order valence-electron chi connectivity index (χ1n) is 11.0. The van der Waals surface area contributed by atoms with Crippen molar-refractivity contribution in [3.05, 3.63) is 17.7 Å². The number of aliphatic imine (C=N–C) groups is 1. The highest BCUT2D eigenvalue weighted by molar-refractivity contribution is 14.0. The van der Waals surface area contributed by atoms with Gasteiger partial charge in [-0.3, -0.25) is 14.7 Å². The van der Waals surface area contributed by atoms with Crippen LogP contribution in [0.2, 0.25) is 0 Å². The standard InChI is InChI=1S/C23H39N5O4.HI/c1-8-25-21(29)23(2,3)16-26-22(24-4)28-11-9-27(10-12-28)15-17-13-18(30-5)20(32-7)19(14-17)31-6;/h13-14H,8-12,15-16H2,1-7H3,(H,24,26)(H,25,29);1H. The summed E-state index contributed by atoms with van der Waals surface area (Å²) < 4.78 is 16.4. The lowest BCUT2D eigenvalue weighted by molar-refractivity contribution is -0.128. The summed E-state index contributed by atoms with van der Waals surface area (Å²) >= 11 is 0. The summed E-state index contributed by atoms with van der Waals surface area (Å²) in [6, 6.07) is 4.00. The van der Waals surface area contributed by atoms with Crippen molar-refractivity contribution in [1.82, 2.24) is 20.4 Å². The number of hydrogen-bond acceptors (Lipinski definition) is 6. The smallest absolute Gasteiger partial charge is 0.227 e. The first-order chi connectivity index (χ1) is 15.3. The number of ether oxygens (including phenoxy) is 3. The quantitative estimate of drug-likeness (QED) is 0.265. The average Bonchev–Trinajstić information content (AvgIpc) is 2.79. The second-order valence-corrected chi connectivity index (χ2v) is 8.44. The topological polar surface area (TPSA) is 87.7 Å². The maximum Gasteiger partial charge on any atom is 0.227 e. The maximum atomic E-state index is 12.3. The summed E-state index contributed by atoms with van der Waals surface area (Å²) in [5.74, 6) is 2.81. The van der Waals surface area contributed by atoms with Crippen LogP contribution in [0.1, 0.15) is 26.3 Å². The van der Waals surface area contributed by atoms with Crippen molar-refractivity contribution in [2.45, 2.75) is 27.3 Å². The van der Waals surface area contributed by atoms with Gasteiger partial charge < -0.3 is 29.7 Å².